The highest BCUT2D eigenvalue weighted by Crippen LogP contribution is 2.24. The largest absolute Gasteiger partial charge is 0.497 e. The molecule has 4 atom stereocenters. The van der Waals surface area contributed by atoms with Gasteiger partial charge in [-0.15, -0.1) is 0 Å². The third-order valence-corrected chi connectivity index (χ3v) is 17.5. The van der Waals surface area contributed by atoms with Crippen molar-refractivity contribution in [3.63, 3.8) is 0 Å². The Hall–Kier alpha value is -10.1. The van der Waals surface area contributed by atoms with Crippen LogP contribution in [-0.4, -0.2) is 121 Å². The summed E-state index contributed by atoms with van der Waals surface area (Å²) in [5, 5.41) is 38.4. The number of hydrogen-bond acceptors (Lipinski definition) is 18. The Labute approximate surface area is 547 Å². The van der Waals surface area contributed by atoms with Gasteiger partial charge in [-0.1, -0.05) is 72.3 Å². The first-order valence-corrected chi connectivity index (χ1v) is 32.6. The fourth-order valence-electron chi connectivity index (χ4n) is 7.96. The van der Waals surface area contributed by atoms with Gasteiger partial charge in [-0.2, -0.15) is 0 Å². The summed E-state index contributed by atoms with van der Waals surface area (Å²) >= 11 is 5.74. The van der Waals surface area contributed by atoms with Crippen molar-refractivity contribution in [2.24, 2.45) is 22.9 Å². The zero-order valence-corrected chi connectivity index (χ0v) is 53.7. The molecule has 30 heteroatoms. The summed E-state index contributed by atoms with van der Waals surface area (Å²) in [6.07, 6.45) is 0.734. The summed E-state index contributed by atoms with van der Waals surface area (Å²) in [6, 6.07) is 46.9. The first-order chi connectivity index (χ1) is 44.4. The van der Waals surface area contributed by atoms with Gasteiger partial charge in [0.2, 0.25) is 0 Å². The van der Waals surface area contributed by atoms with Crippen LogP contribution in [-0.2, 0) is 74.9 Å². The molecule has 0 unspecified atom stereocenters. The highest BCUT2D eigenvalue weighted by molar-refractivity contribution is 7.93. The van der Waals surface area contributed by atoms with Crippen molar-refractivity contribution < 1.29 is 83.9 Å². The monoisotopic (exact) mass is 1370 g/mol. The molecule has 0 aliphatic rings. The van der Waals surface area contributed by atoms with Crippen molar-refractivity contribution in [1.82, 2.24) is 0 Å². The lowest BCUT2D eigenvalue weighted by molar-refractivity contribution is -0.139. The van der Waals surface area contributed by atoms with E-state index in [1.165, 1.54) is 69.9 Å². The zero-order valence-electron chi connectivity index (χ0n) is 50.5. The molecular formula is C64H69ClN8O18S3. The number of halogens is 1. The predicted octanol–water partition coefficient (Wildman–Crippen LogP) is 6.90. The molecule has 8 aromatic carbocycles. The summed E-state index contributed by atoms with van der Waals surface area (Å²) in [5.74, 6) is -2.94. The van der Waals surface area contributed by atoms with Gasteiger partial charge in [-0.25, -0.2) is 25.3 Å². The van der Waals surface area contributed by atoms with Gasteiger partial charge in [-0.3, -0.25) is 38.1 Å². The van der Waals surface area contributed by atoms with Gasteiger partial charge in [0, 0.05) is 39.4 Å². The van der Waals surface area contributed by atoms with E-state index in [2.05, 4.69) is 19.5 Å². The third kappa shape index (κ3) is 24.2. The maximum atomic E-state index is 12.4. The standard InChI is InChI=1S/C17H18N2O4.2C16H18N2O5S.C15H15ClN2O4S/c1-23-14-4-2-3-12(10-14)16(20)19-13-7-5-11(6-8-13)9-15(18)17(21)22;1-23-13-6-8-14(9-7-13)24(21,22)18-12-4-2-11(3-5-12)10-15(17)16(19)20;1-23-13-3-2-4-14(10-13)24(21,22)18-12-7-5-11(6-8-12)9-15(17)16(19)20;16-11-3-7-13(8-4-11)23(21,22)18-12-5-1-10(2-6-12)9-14(17)15(19)20/h2-8,10,15H,9,18H2,1H3,(H,19,20)(H,21,22);2-9,15,18H,10,17H2,1H3,(H,19,20);2-8,10,15,18H,9,17H2,1H3,(H,19,20);1-8,14,18H,9,17H2,(H,19,20)/t3*15-;14-/m0000/s1. The van der Waals surface area contributed by atoms with Crippen molar-refractivity contribution in [2.75, 3.05) is 40.8 Å². The van der Waals surface area contributed by atoms with Crippen LogP contribution < -0.4 is 56.6 Å². The average molecular weight is 1370 g/mol. The number of methoxy groups -OCH3 is 3. The maximum absolute atomic E-state index is 12.4. The molecule has 0 saturated heterocycles. The topological polar surface area (TPSA) is 449 Å². The van der Waals surface area contributed by atoms with Crippen molar-refractivity contribution in [2.45, 2.75) is 64.5 Å². The Morgan fingerprint density at radius 1 is 0.383 bits per heavy atom. The Morgan fingerprint density at radius 2 is 0.681 bits per heavy atom. The molecule has 26 nitrogen and oxygen atoms in total. The molecule has 0 saturated carbocycles. The number of sulfonamides is 3. The molecule has 1 amide bonds. The molecule has 8 aromatic rings. The van der Waals surface area contributed by atoms with Crippen molar-refractivity contribution in [3.05, 3.63) is 227 Å². The second kappa shape index (κ2) is 35.1. The lowest BCUT2D eigenvalue weighted by Gasteiger charge is -2.11. The molecule has 0 fully saturated rings. The second-order valence-corrected chi connectivity index (χ2v) is 25.7. The van der Waals surface area contributed by atoms with Gasteiger partial charge >= 0.3 is 23.9 Å². The van der Waals surface area contributed by atoms with Crippen LogP contribution in [0.25, 0.3) is 0 Å². The number of aliphatic carboxylic acids is 4. The number of nitrogens with two attached hydrogens (primary N) is 4. The van der Waals surface area contributed by atoms with Crippen LogP contribution in [0.2, 0.25) is 5.02 Å². The Balaban J connectivity index is 0.000000227. The number of amides is 1. The molecule has 0 radical (unpaired) electrons. The van der Waals surface area contributed by atoms with Crippen molar-refractivity contribution >= 4 is 94.2 Å². The van der Waals surface area contributed by atoms with E-state index in [0.717, 1.165) is 5.56 Å². The first kappa shape index (κ1) is 74.6. The fraction of sp³-hybridized carbons (Fsp3) is 0.172. The predicted molar refractivity (Wildman–Crippen MR) is 354 cm³/mol. The number of anilines is 4. The number of carboxylic acid groups (broad SMARTS) is 4. The van der Waals surface area contributed by atoms with E-state index in [0.29, 0.717) is 67.3 Å². The van der Waals surface area contributed by atoms with Crippen LogP contribution in [0, 0.1) is 0 Å². The van der Waals surface area contributed by atoms with Gasteiger partial charge in [0.15, 0.2) is 0 Å². The summed E-state index contributed by atoms with van der Waals surface area (Å²) in [4.78, 5) is 55.4. The van der Waals surface area contributed by atoms with Crippen LogP contribution in [0.1, 0.15) is 32.6 Å². The number of nitrogens with one attached hydrogen (secondary N) is 4. The summed E-state index contributed by atoms with van der Waals surface area (Å²) in [6.45, 7) is 0. The molecule has 498 valence electrons. The molecule has 0 aromatic heterocycles. The molecule has 0 aliphatic heterocycles. The Kier molecular flexibility index (Phi) is 27.8. The number of ether oxygens (including phenoxy) is 3. The summed E-state index contributed by atoms with van der Waals surface area (Å²) in [7, 11) is -6.67. The molecule has 0 bridgehead atoms. The Bertz CT molecular complexity index is 4200. The normalized spacial score (nSPS) is 12.3. The summed E-state index contributed by atoms with van der Waals surface area (Å²) < 4.78 is 96.2. The van der Waals surface area contributed by atoms with E-state index in [1.807, 2.05) is 0 Å². The quantitative estimate of drug-likeness (QED) is 0.0262. The molecule has 94 heavy (non-hydrogen) atoms. The van der Waals surface area contributed by atoms with E-state index in [-0.39, 0.29) is 46.3 Å². The Morgan fingerprint density at radius 3 is 1.01 bits per heavy atom. The minimum Gasteiger partial charge on any atom is -0.497 e. The smallest absolute Gasteiger partial charge is 0.320 e. The van der Waals surface area contributed by atoms with Crippen LogP contribution in [0.3, 0.4) is 0 Å². The molecule has 0 heterocycles. The van der Waals surface area contributed by atoms with Crippen LogP contribution in [0.5, 0.6) is 17.2 Å². The number of hydrogen-bond donors (Lipinski definition) is 12. The van der Waals surface area contributed by atoms with Gasteiger partial charge < -0.3 is 62.9 Å². The van der Waals surface area contributed by atoms with Gasteiger partial charge in [0.05, 0.1) is 36.0 Å². The van der Waals surface area contributed by atoms with E-state index in [4.69, 9.17) is 69.2 Å². The average Bonchev–Trinajstić information content (AvgIpc) is 0.946. The molecule has 16 N–H and O–H groups in total. The molecule has 8 rings (SSSR count). The first-order valence-electron chi connectivity index (χ1n) is 27.8. The minimum absolute atomic E-state index is 0.0822. The SMILES string of the molecule is COc1ccc(S(=O)(=O)Nc2ccc(C[C@H](N)C(=O)O)cc2)cc1.COc1cccc(C(=O)Nc2ccc(C[C@H](N)C(=O)O)cc2)c1.COc1cccc(S(=O)(=O)Nc2ccc(C[C@H](N)C(=O)O)cc2)c1.N[C@@H](Cc1ccc(NS(=O)(=O)c2ccc(Cl)cc2)cc1)C(=O)O. The van der Waals surface area contributed by atoms with Crippen LogP contribution in [0.4, 0.5) is 22.7 Å². The minimum atomic E-state index is -3.74. The highest BCUT2D eigenvalue weighted by atomic mass is 35.5. The number of carbonyl (C=O) groups excluding carboxylic acids is 1. The van der Waals surface area contributed by atoms with Gasteiger partial charge in [0.25, 0.3) is 36.0 Å². The van der Waals surface area contributed by atoms with Crippen LogP contribution >= 0.6 is 11.6 Å². The number of carbonyl (C=O) groups is 5. The maximum Gasteiger partial charge on any atom is 0.320 e. The molecular weight excluding hydrogens is 1300 g/mol. The number of benzene rings is 8. The number of carboxylic acids is 4. The highest BCUT2D eigenvalue weighted by Gasteiger charge is 2.20. The fourth-order valence-corrected chi connectivity index (χ4v) is 11.3. The zero-order chi connectivity index (χ0) is 69.3. The lowest BCUT2D eigenvalue weighted by atomic mass is 10.1. The second-order valence-electron chi connectivity index (χ2n) is 20.2. The third-order valence-electron chi connectivity index (χ3n) is 13.1. The van der Waals surface area contributed by atoms with E-state index < -0.39 is 78.1 Å². The van der Waals surface area contributed by atoms with Crippen LogP contribution in [0.15, 0.2) is 209 Å². The lowest BCUT2D eigenvalue weighted by Crippen LogP contribution is -2.32. The van der Waals surface area contributed by atoms with Gasteiger partial charge in [-0.05, 0) is 175 Å². The molecule has 0 aliphatic carbocycles. The van der Waals surface area contributed by atoms with Crippen molar-refractivity contribution in [3.8, 4) is 17.2 Å². The number of rotatable bonds is 26. The van der Waals surface area contributed by atoms with Gasteiger partial charge in [0.1, 0.15) is 41.4 Å². The van der Waals surface area contributed by atoms with Crippen molar-refractivity contribution in [1.29, 1.82) is 0 Å². The molecule has 0 spiro atoms. The van der Waals surface area contributed by atoms with E-state index in [9.17, 15) is 49.2 Å². The summed E-state index contributed by atoms with van der Waals surface area (Å²) in [5.41, 5.74) is 27.0. The van der Waals surface area contributed by atoms with E-state index >= 15 is 0 Å². The van der Waals surface area contributed by atoms with E-state index in [1.54, 1.807) is 146 Å².